The second kappa shape index (κ2) is 3.37. The summed E-state index contributed by atoms with van der Waals surface area (Å²) in [7, 11) is 1.61. The summed E-state index contributed by atoms with van der Waals surface area (Å²) in [6.45, 7) is 1.87. The van der Waals surface area contributed by atoms with Crippen LogP contribution in [0.4, 0.5) is 0 Å². The van der Waals surface area contributed by atoms with Gasteiger partial charge in [-0.15, -0.1) is 0 Å². The molecule has 2 aromatic carbocycles. The van der Waals surface area contributed by atoms with Gasteiger partial charge in [-0.1, -0.05) is 24.3 Å². The normalized spacial score (nSPS) is 22.5. The number of hydrogen-bond acceptors (Lipinski definition) is 3. The van der Waals surface area contributed by atoms with Gasteiger partial charge in [0.2, 0.25) is 5.79 Å². The average molecular weight is 230 g/mol. The van der Waals surface area contributed by atoms with E-state index < -0.39 is 5.79 Å². The summed E-state index contributed by atoms with van der Waals surface area (Å²) in [5, 5.41) is 12.1. The Morgan fingerprint density at radius 1 is 1.35 bits per heavy atom. The SMILES string of the molecule is COC1(C)Cc2cc3ccccc3c(O)c2O1. The Morgan fingerprint density at radius 3 is 2.88 bits per heavy atom. The maximum atomic E-state index is 10.2. The molecular formula is C14H14O3. The van der Waals surface area contributed by atoms with Crippen molar-refractivity contribution < 1.29 is 14.6 Å². The molecule has 1 atom stereocenters. The largest absolute Gasteiger partial charge is 0.504 e. The molecule has 1 unspecified atom stereocenters. The fourth-order valence-electron chi connectivity index (χ4n) is 2.32. The minimum Gasteiger partial charge on any atom is -0.504 e. The zero-order chi connectivity index (χ0) is 12.0. The summed E-state index contributed by atoms with van der Waals surface area (Å²) in [6, 6.07) is 9.78. The highest BCUT2D eigenvalue weighted by molar-refractivity contribution is 5.91. The van der Waals surface area contributed by atoms with Crippen LogP contribution in [0.15, 0.2) is 30.3 Å². The van der Waals surface area contributed by atoms with Gasteiger partial charge in [0, 0.05) is 31.4 Å². The number of aromatic hydroxyl groups is 1. The third kappa shape index (κ3) is 1.46. The van der Waals surface area contributed by atoms with Crippen LogP contribution in [-0.2, 0) is 11.2 Å². The summed E-state index contributed by atoms with van der Waals surface area (Å²) in [5.74, 6) is 0.0870. The van der Waals surface area contributed by atoms with Crippen LogP contribution in [0.2, 0.25) is 0 Å². The van der Waals surface area contributed by atoms with Gasteiger partial charge in [-0.25, -0.2) is 0 Å². The second-order valence-corrected chi connectivity index (χ2v) is 4.55. The number of fused-ring (bicyclic) bond motifs is 2. The van der Waals surface area contributed by atoms with Crippen molar-refractivity contribution in [3.05, 3.63) is 35.9 Å². The zero-order valence-corrected chi connectivity index (χ0v) is 9.86. The van der Waals surface area contributed by atoms with E-state index in [0.717, 1.165) is 16.3 Å². The predicted molar refractivity (Wildman–Crippen MR) is 65.4 cm³/mol. The topological polar surface area (TPSA) is 38.7 Å². The summed E-state index contributed by atoms with van der Waals surface area (Å²) in [6.07, 6.45) is 0.650. The molecule has 0 fully saturated rings. The van der Waals surface area contributed by atoms with Crippen LogP contribution < -0.4 is 4.74 Å². The lowest BCUT2D eigenvalue weighted by molar-refractivity contribution is -0.134. The Kier molecular flexibility index (Phi) is 2.07. The van der Waals surface area contributed by atoms with Crippen LogP contribution in [0, 0.1) is 0 Å². The average Bonchev–Trinajstić information content (AvgIpc) is 2.68. The van der Waals surface area contributed by atoms with Crippen LogP contribution in [0.5, 0.6) is 11.5 Å². The lowest BCUT2D eigenvalue weighted by atomic mass is 10.0. The van der Waals surface area contributed by atoms with E-state index in [1.165, 1.54) is 0 Å². The lowest BCUT2D eigenvalue weighted by Gasteiger charge is -2.21. The molecule has 88 valence electrons. The fourth-order valence-corrected chi connectivity index (χ4v) is 2.32. The molecule has 0 aromatic heterocycles. The third-order valence-electron chi connectivity index (χ3n) is 3.31. The van der Waals surface area contributed by atoms with Gasteiger partial charge in [-0.2, -0.15) is 0 Å². The fraction of sp³-hybridized carbons (Fsp3) is 0.286. The lowest BCUT2D eigenvalue weighted by Crippen LogP contribution is -2.32. The first-order chi connectivity index (χ1) is 8.13. The monoisotopic (exact) mass is 230 g/mol. The molecule has 0 bridgehead atoms. The van der Waals surface area contributed by atoms with Gasteiger partial charge >= 0.3 is 0 Å². The third-order valence-corrected chi connectivity index (χ3v) is 3.31. The highest BCUT2D eigenvalue weighted by Crippen LogP contribution is 2.45. The Balaban J connectivity index is 2.24. The van der Waals surface area contributed by atoms with Crippen LogP contribution in [0.1, 0.15) is 12.5 Å². The van der Waals surface area contributed by atoms with Crippen molar-refractivity contribution in [1.82, 2.24) is 0 Å². The number of hydrogen-bond donors (Lipinski definition) is 1. The van der Waals surface area contributed by atoms with Gasteiger partial charge in [0.1, 0.15) is 0 Å². The first-order valence-corrected chi connectivity index (χ1v) is 5.61. The molecule has 1 aliphatic rings. The van der Waals surface area contributed by atoms with Crippen molar-refractivity contribution in [2.75, 3.05) is 7.11 Å². The second-order valence-electron chi connectivity index (χ2n) is 4.55. The smallest absolute Gasteiger partial charge is 0.211 e. The van der Waals surface area contributed by atoms with E-state index in [9.17, 15) is 5.11 Å². The van der Waals surface area contributed by atoms with Crippen molar-refractivity contribution in [3.8, 4) is 11.5 Å². The number of methoxy groups -OCH3 is 1. The quantitative estimate of drug-likeness (QED) is 0.818. The number of rotatable bonds is 1. The molecule has 0 amide bonds. The first kappa shape index (κ1) is 10.4. The van der Waals surface area contributed by atoms with E-state index in [2.05, 4.69) is 6.07 Å². The van der Waals surface area contributed by atoms with Crippen LogP contribution in [0.25, 0.3) is 10.8 Å². The van der Waals surface area contributed by atoms with Crippen molar-refractivity contribution in [2.24, 2.45) is 0 Å². The van der Waals surface area contributed by atoms with Crippen molar-refractivity contribution in [2.45, 2.75) is 19.1 Å². The van der Waals surface area contributed by atoms with Gasteiger partial charge in [0.05, 0.1) is 0 Å². The molecule has 0 spiro atoms. The highest BCUT2D eigenvalue weighted by atomic mass is 16.7. The van der Waals surface area contributed by atoms with Crippen molar-refractivity contribution in [1.29, 1.82) is 0 Å². The molecule has 3 heteroatoms. The molecule has 1 heterocycles. The van der Waals surface area contributed by atoms with Crippen LogP contribution in [0.3, 0.4) is 0 Å². The van der Waals surface area contributed by atoms with Crippen LogP contribution in [-0.4, -0.2) is 18.0 Å². The molecule has 3 rings (SSSR count). The minimum atomic E-state index is -0.669. The molecule has 1 aliphatic heterocycles. The van der Waals surface area contributed by atoms with Crippen molar-refractivity contribution in [3.63, 3.8) is 0 Å². The van der Waals surface area contributed by atoms with E-state index in [0.29, 0.717) is 12.2 Å². The molecule has 3 nitrogen and oxygen atoms in total. The molecule has 0 saturated carbocycles. The number of ether oxygens (including phenoxy) is 2. The summed E-state index contributed by atoms with van der Waals surface area (Å²) >= 11 is 0. The van der Waals surface area contributed by atoms with Gasteiger partial charge in [-0.3, -0.25) is 0 Å². The Morgan fingerprint density at radius 2 is 2.12 bits per heavy atom. The van der Waals surface area contributed by atoms with Crippen LogP contribution >= 0.6 is 0 Å². The Bertz CT molecular complexity index is 591. The molecule has 0 radical (unpaired) electrons. The number of phenolic OH excluding ortho intramolecular Hbond substituents is 1. The van der Waals surface area contributed by atoms with E-state index in [1.54, 1.807) is 7.11 Å². The van der Waals surface area contributed by atoms with E-state index in [-0.39, 0.29) is 5.75 Å². The zero-order valence-electron chi connectivity index (χ0n) is 9.86. The van der Waals surface area contributed by atoms with Crippen molar-refractivity contribution >= 4 is 10.8 Å². The summed E-state index contributed by atoms with van der Waals surface area (Å²) < 4.78 is 11.0. The maximum Gasteiger partial charge on any atom is 0.211 e. The summed E-state index contributed by atoms with van der Waals surface area (Å²) in [5.41, 5.74) is 0.991. The number of benzene rings is 2. The predicted octanol–water partition coefficient (Wildman–Crippen LogP) is 2.84. The van der Waals surface area contributed by atoms with E-state index in [1.807, 2.05) is 31.2 Å². The maximum absolute atomic E-state index is 10.2. The number of phenols is 1. The van der Waals surface area contributed by atoms with Gasteiger partial charge in [0.25, 0.3) is 0 Å². The molecule has 0 aliphatic carbocycles. The van der Waals surface area contributed by atoms with Gasteiger partial charge in [0.15, 0.2) is 11.5 Å². The molecular weight excluding hydrogens is 216 g/mol. The van der Waals surface area contributed by atoms with Gasteiger partial charge in [-0.05, 0) is 11.5 Å². The Labute approximate surface area is 99.6 Å². The minimum absolute atomic E-state index is 0.207. The molecule has 2 aromatic rings. The highest BCUT2D eigenvalue weighted by Gasteiger charge is 2.37. The van der Waals surface area contributed by atoms with Gasteiger partial charge < -0.3 is 14.6 Å². The Hall–Kier alpha value is -1.74. The molecule has 0 saturated heterocycles. The standard InChI is InChI=1S/C14H14O3/c1-14(16-2)8-10-7-9-5-3-4-6-11(9)12(15)13(10)17-14/h3-7,15H,8H2,1-2H3. The first-order valence-electron chi connectivity index (χ1n) is 5.61. The molecule has 17 heavy (non-hydrogen) atoms. The molecule has 1 N–H and O–H groups in total. The van der Waals surface area contributed by atoms with E-state index >= 15 is 0 Å². The summed E-state index contributed by atoms with van der Waals surface area (Å²) in [4.78, 5) is 0. The van der Waals surface area contributed by atoms with E-state index in [4.69, 9.17) is 9.47 Å².